The largest absolute Gasteiger partial charge is 0.481 e. The molecule has 0 unspecified atom stereocenters. The number of halogens is 1. The van der Waals surface area contributed by atoms with Crippen LogP contribution in [0.25, 0.3) is 0 Å². The molecule has 0 bridgehead atoms. The fourth-order valence-corrected chi connectivity index (χ4v) is 3.75. The summed E-state index contributed by atoms with van der Waals surface area (Å²) in [7, 11) is -3.17. The van der Waals surface area contributed by atoms with Gasteiger partial charge in [-0.1, -0.05) is 66.8 Å². The second-order valence-electron chi connectivity index (χ2n) is 16.3. The molecule has 1 N–H and O–H groups in total. The average molecular weight is 748 g/mol. The first-order chi connectivity index (χ1) is 19.3. The van der Waals surface area contributed by atoms with Gasteiger partial charge in [-0.2, -0.15) is 38.1 Å². The highest BCUT2D eigenvalue weighted by atomic mass is 35.6. The number of hydrogen-bond donors (Lipinski definition) is 1. The molecule has 0 saturated heterocycles. The van der Waals surface area contributed by atoms with Crippen molar-refractivity contribution >= 4 is 71.7 Å². The number of allylic oxidation sites excluding steroid dienone is 2. The lowest BCUT2D eigenvalue weighted by atomic mass is 10.0. The lowest BCUT2D eigenvalue weighted by molar-refractivity contribution is -0.159. The number of esters is 2. The topological polar surface area (TPSA) is 99.1 Å². The molecule has 0 aliphatic heterocycles. The number of carboxylic acids is 1. The molecule has 0 fully saturated rings. The summed E-state index contributed by atoms with van der Waals surface area (Å²) in [5.74, 6) is -2.24. The van der Waals surface area contributed by atoms with Crippen LogP contribution in [0.3, 0.4) is 0 Å². The molecule has 0 aliphatic rings. The van der Waals surface area contributed by atoms with Gasteiger partial charge in [0.1, 0.15) is 11.2 Å². The average Bonchev–Trinajstić information content (AvgIpc) is 2.73. The van der Waals surface area contributed by atoms with E-state index in [4.69, 9.17) is 30.1 Å². The zero-order chi connectivity index (χ0) is 36.0. The van der Waals surface area contributed by atoms with Gasteiger partial charge in [-0.3, -0.25) is 14.4 Å². The Morgan fingerprint density at radius 1 is 0.717 bits per heavy atom. The Labute approximate surface area is 303 Å². The lowest BCUT2D eigenvalue weighted by Crippen LogP contribution is -2.42. The van der Waals surface area contributed by atoms with Crippen LogP contribution in [0, 0.1) is 11.8 Å². The van der Waals surface area contributed by atoms with E-state index in [1.54, 1.807) is 20.8 Å². The van der Waals surface area contributed by atoms with Crippen molar-refractivity contribution in [1.29, 1.82) is 0 Å². The van der Waals surface area contributed by atoms with E-state index in [9.17, 15) is 14.4 Å². The van der Waals surface area contributed by atoms with E-state index < -0.39 is 44.8 Å². The van der Waals surface area contributed by atoms with Crippen LogP contribution in [0.1, 0.15) is 109 Å². The SMILES string of the molecule is C=CC[C@@H](CO[Si](C)(C)C(C)(C)C)CC(=O)OC(C)(C)C.C=CC[C@H](CC(=O)OC(C)(C)C)C(=O)O.CC(C)(C)[Si](C)(C)Cl.S.S. The van der Waals surface area contributed by atoms with Gasteiger partial charge in [-0.15, -0.1) is 13.2 Å². The van der Waals surface area contributed by atoms with Crippen molar-refractivity contribution in [2.45, 2.75) is 156 Å². The maximum Gasteiger partial charge on any atom is 0.307 e. The Morgan fingerprint density at radius 2 is 1.07 bits per heavy atom. The van der Waals surface area contributed by atoms with Gasteiger partial charge in [0.05, 0.1) is 18.8 Å². The summed E-state index contributed by atoms with van der Waals surface area (Å²) in [6, 6.07) is 0. The fourth-order valence-electron chi connectivity index (χ4n) is 2.66. The summed E-state index contributed by atoms with van der Waals surface area (Å²) in [6.07, 6.45) is 4.66. The van der Waals surface area contributed by atoms with E-state index >= 15 is 0 Å². The summed E-state index contributed by atoms with van der Waals surface area (Å²) in [6.45, 7) is 40.8. The maximum absolute atomic E-state index is 12.0. The van der Waals surface area contributed by atoms with Gasteiger partial charge >= 0.3 is 17.9 Å². The molecule has 7 nitrogen and oxygen atoms in total. The second-order valence-corrected chi connectivity index (χ2v) is 28.4. The number of rotatable bonds is 12. The molecule has 0 aromatic heterocycles. The zero-order valence-electron chi connectivity index (χ0n) is 32.0. The van der Waals surface area contributed by atoms with Crippen molar-refractivity contribution in [3.63, 3.8) is 0 Å². The Balaban J connectivity index is -0.000000196. The van der Waals surface area contributed by atoms with E-state index in [-0.39, 0.29) is 56.8 Å². The first-order valence-electron chi connectivity index (χ1n) is 15.5. The van der Waals surface area contributed by atoms with Crippen LogP contribution in [-0.4, -0.2) is 56.5 Å². The Morgan fingerprint density at radius 3 is 1.33 bits per heavy atom. The second kappa shape index (κ2) is 22.8. The molecule has 2 atom stereocenters. The van der Waals surface area contributed by atoms with Crippen LogP contribution in [0.4, 0.5) is 0 Å². The smallest absolute Gasteiger partial charge is 0.307 e. The fraction of sp³-hybridized carbons (Fsp3) is 0.794. The van der Waals surface area contributed by atoms with Gasteiger partial charge in [0.2, 0.25) is 0 Å². The van der Waals surface area contributed by atoms with Gasteiger partial charge in [0, 0.05) is 6.61 Å². The maximum atomic E-state index is 12.0. The molecule has 0 aromatic rings. The van der Waals surface area contributed by atoms with Crippen LogP contribution in [0.5, 0.6) is 0 Å². The Hall–Kier alpha value is -0.726. The summed E-state index contributed by atoms with van der Waals surface area (Å²) >= 11 is 6.15. The predicted octanol–water partition coefficient (Wildman–Crippen LogP) is 10.4. The third kappa shape index (κ3) is 29.4. The predicted molar refractivity (Wildman–Crippen MR) is 212 cm³/mol. The van der Waals surface area contributed by atoms with Crippen LogP contribution in [-0.2, 0) is 28.3 Å². The third-order valence-corrected chi connectivity index (χ3v) is 17.0. The minimum Gasteiger partial charge on any atom is -0.481 e. The van der Waals surface area contributed by atoms with Crippen LogP contribution < -0.4 is 0 Å². The van der Waals surface area contributed by atoms with E-state index in [1.165, 1.54) is 6.08 Å². The van der Waals surface area contributed by atoms with E-state index in [2.05, 4.69) is 80.9 Å². The highest BCUT2D eigenvalue weighted by molar-refractivity contribution is 7.59. The van der Waals surface area contributed by atoms with E-state index in [1.807, 2.05) is 26.8 Å². The van der Waals surface area contributed by atoms with Crippen LogP contribution >= 0.6 is 38.1 Å². The van der Waals surface area contributed by atoms with Gasteiger partial charge in [0.15, 0.2) is 15.7 Å². The van der Waals surface area contributed by atoms with Crippen molar-refractivity contribution in [2.75, 3.05) is 6.61 Å². The summed E-state index contributed by atoms with van der Waals surface area (Å²) < 4.78 is 16.6. The molecular formula is C34H71ClO7S2Si2. The Kier molecular flexibility index (Phi) is 27.1. The minimum absolute atomic E-state index is 0. The van der Waals surface area contributed by atoms with Crippen molar-refractivity contribution in [3.8, 4) is 0 Å². The molecule has 0 rings (SSSR count). The van der Waals surface area contributed by atoms with E-state index in [0.717, 1.165) is 6.42 Å². The number of carbonyl (C=O) groups excluding carboxylic acids is 2. The molecule has 0 radical (unpaired) electrons. The number of ether oxygens (including phenoxy) is 2. The molecule has 46 heavy (non-hydrogen) atoms. The van der Waals surface area contributed by atoms with E-state index in [0.29, 0.717) is 18.1 Å². The minimum atomic E-state index is -1.78. The first kappa shape index (κ1) is 54.7. The molecule has 0 heterocycles. The zero-order valence-corrected chi connectivity index (χ0v) is 36.8. The van der Waals surface area contributed by atoms with Crippen molar-refractivity contribution in [1.82, 2.24) is 0 Å². The molecule has 0 aromatic carbocycles. The summed E-state index contributed by atoms with van der Waals surface area (Å²) in [4.78, 5) is 34.0. The van der Waals surface area contributed by atoms with Gasteiger partial charge < -0.3 is 19.0 Å². The quantitative estimate of drug-likeness (QED) is 0.0918. The normalized spacial score (nSPS) is 13.4. The summed E-state index contributed by atoms with van der Waals surface area (Å²) in [5, 5.41) is 9.32. The highest BCUT2D eigenvalue weighted by Gasteiger charge is 2.38. The molecule has 12 heteroatoms. The van der Waals surface area contributed by atoms with Crippen molar-refractivity contribution < 1.29 is 33.4 Å². The van der Waals surface area contributed by atoms with Gasteiger partial charge in [-0.25, -0.2) is 0 Å². The lowest BCUT2D eigenvalue weighted by Gasteiger charge is -2.37. The highest BCUT2D eigenvalue weighted by Crippen LogP contribution is 2.38. The number of hydrogen-bond acceptors (Lipinski definition) is 6. The molecule has 276 valence electrons. The molecule has 0 aliphatic carbocycles. The number of carbonyl (C=O) groups is 3. The number of aliphatic carboxylic acids is 1. The number of carboxylic acid groups (broad SMARTS) is 1. The third-order valence-electron chi connectivity index (χ3n) is 7.28. The van der Waals surface area contributed by atoms with Crippen molar-refractivity contribution in [3.05, 3.63) is 25.3 Å². The molecule has 0 amide bonds. The first-order valence-corrected chi connectivity index (χ1v) is 22.4. The van der Waals surface area contributed by atoms with Gasteiger partial charge in [-0.05, 0) is 83.5 Å². The molecule has 0 saturated carbocycles. The molecule has 0 spiro atoms. The van der Waals surface area contributed by atoms with Gasteiger partial charge in [0.25, 0.3) is 0 Å². The van der Waals surface area contributed by atoms with Crippen LogP contribution in [0.15, 0.2) is 25.3 Å². The standard InChI is InChI=1S/C17H34O3Si.C11H18O4.C6H15ClSi.2H2S/c1-10-11-14(12-15(18)20-16(2,3)4)13-19-21(8,9)17(5,6)7;1-5-6-8(10(13)14)7-9(12)15-11(2,3)4;1-6(2,3)8(4,5)7;;/h10,14H,1,11-13H2,2-9H3;5,8H,1,6-7H2,2-4H3,(H,13,14);1-5H3;2*1H2/t14-;8-;;;/m11.../s1. The monoisotopic (exact) mass is 746 g/mol. The molecular weight excluding hydrogens is 676 g/mol. The Bertz CT molecular complexity index is 897. The van der Waals surface area contributed by atoms with Crippen LogP contribution in [0.2, 0.25) is 36.3 Å². The summed E-state index contributed by atoms with van der Waals surface area (Å²) in [5.41, 5.74) is -1.01. The van der Waals surface area contributed by atoms with Crippen molar-refractivity contribution in [2.24, 2.45) is 11.8 Å².